The number of methoxy groups -OCH3 is 1. The van der Waals surface area contributed by atoms with Crippen LogP contribution in [0.25, 0.3) is 22.0 Å². The molecular formula is C34H41N5O4. The van der Waals surface area contributed by atoms with Crippen LogP contribution in [0, 0.1) is 0 Å². The Kier molecular flexibility index (Phi) is 9.88. The number of esters is 1. The second-order valence-corrected chi connectivity index (χ2v) is 11.1. The highest BCUT2D eigenvalue weighted by Gasteiger charge is 2.22. The number of aryl methyl sites for hydroxylation is 1. The summed E-state index contributed by atoms with van der Waals surface area (Å²) in [6, 6.07) is 13.9. The van der Waals surface area contributed by atoms with E-state index in [-0.39, 0.29) is 12.0 Å². The van der Waals surface area contributed by atoms with Crippen molar-refractivity contribution in [3.8, 4) is 16.9 Å². The Hall–Kier alpha value is -4.63. The van der Waals surface area contributed by atoms with Crippen molar-refractivity contribution in [1.82, 2.24) is 14.5 Å². The molecule has 0 aliphatic rings. The number of nitrogens with zero attached hydrogens (tertiary/aromatic N) is 4. The number of para-hydroxylation sites is 1. The van der Waals surface area contributed by atoms with Crippen molar-refractivity contribution in [2.45, 2.75) is 26.4 Å². The van der Waals surface area contributed by atoms with Crippen LogP contribution in [0.2, 0.25) is 0 Å². The van der Waals surface area contributed by atoms with Gasteiger partial charge in [0.25, 0.3) is 0 Å². The van der Waals surface area contributed by atoms with Crippen molar-refractivity contribution < 1.29 is 19.1 Å². The summed E-state index contributed by atoms with van der Waals surface area (Å²) in [6.07, 6.45) is 5.00. The number of anilines is 2. The van der Waals surface area contributed by atoms with Gasteiger partial charge in [0.15, 0.2) is 0 Å². The summed E-state index contributed by atoms with van der Waals surface area (Å²) in [4.78, 5) is 34.4. The number of pyridine rings is 1. The number of benzene rings is 2. The molecule has 0 aliphatic heterocycles. The van der Waals surface area contributed by atoms with Gasteiger partial charge in [0.1, 0.15) is 5.75 Å². The number of nitrogens with one attached hydrogen (secondary N) is 1. The summed E-state index contributed by atoms with van der Waals surface area (Å²) in [5, 5.41) is 3.98. The lowest BCUT2D eigenvalue weighted by Gasteiger charge is -2.26. The average molecular weight is 584 g/mol. The third kappa shape index (κ3) is 7.24. The van der Waals surface area contributed by atoms with Crippen LogP contribution < -0.4 is 15.0 Å². The molecule has 2 aromatic carbocycles. The van der Waals surface area contributed by atoms with Gasteiger partial charge < -0.3 is 29.2 Å². The van der Waals surface area contributed by atoms with Crippen molar-refractivity contribution >= 4 is 34.2 Å². The molecule has 2 heterocycles. The smallest absolute Gasteiger partial charge is 0.340 e. The van der Waals surface area contributed by atoms with Crippen LogP contribution in [0.4, 0.5) is 11.4 Å². The first-order chi connectivity index (χ1) is 20.5. The highest BCUT2D eigenvalue weighted by atomic mass is 16.5. The van der Waals surface area contributed by atoms with E-state index in [1.807, 2.05) is 95.3 Å². The zero-order valence-corrected chi connectivity index (χ0v) is 26.1. The van der Waals surface area contributed by atoms with Gasteiger partial charge in [-0.15, -0.1) is 0 Å². The summed E-state index contributed by atoms with van der Waals surface area (Å²) in [5.41, 5.74) is 6.16. The third-order valence-corrected chi connectivity index (χ3v) is 7.22. The number of amides is 1. The molecule has 0 saturated carbocycles. The van der Waals surface area contributed by atoms with E-state index >= 15 is 0 Å². The first-order valence-corrected chi connectivity index (χ1v) is 14.3. The van der Waals surface area contributed by atoms with E-state index in [9.17, 15) is 9.59 Å². The fourth-order valence-corrected chi connectivity index (χ4v) is 5.02. The summed E-state index contributed by atoms with van der Waals surface area (Å²) in [5.74, 6) is -0.0584. The standard InChI is InChI=1S/C34H41N5O4/c1-9-33(40)36-29-17-23(32(42-8)19-31(29)38(6)15-14-37(4)5)16-24-18-26(27(20-35-24)34(41)43-22(2)3)28-21-39(7)30-13-11-10-12-25(28)30/h9-13,17-22H,1,14-16H2,2-8H3,(H,36,40). The Morgan fingerprint density at radius 3 is 2.51 bits per heavy atom. The normalized spacial score (nSPS) is 11.2. The molecule has 0 spiro atoms. The monoisotopic (exact) mass is 583 g/mol. The molecule has 0 atom stereocenters. The molecule has 4 rings (SSSR count). The number of aromatic nitrogens is 2. The molecular weight excluding hydrogens is 542 g/mol. The van der Waals surface area contributed by atoms with Crippen molar-refractivity contribution in [3.63, 3.8) is 0 Å². The van der Waals surface area contributed by atoms with Crippen molar-refractivity contribution in [1.29, 1.82) is 0 Å². The number of hydrogen-bond donors (Lipinski definition) is 1. The zero-order chi connectivity index (χ0) is 31.3. The molecule has 9 heteroatoms. The van der Waals surface area contributed by atoms with E-state index in [0.717, 1.165) is 52.1 Å². The van der Waals surface area contributed by atoms with Gasteiger partial charge in [-0.1, -0.05) is 24.8 Å². The predicted molar refractivity (Wildman–Crippen MR) is 173 cm³/mol. The lowest BCUT2D eigenvalue weighted by molar-refractivity contribution is -0.111. The Balaban J connectivity index is 1.82. The predicted octanol–water partition coefficient (Wildman–Crippen LogP) is 5.53. The Labute approximate surface area is 253 Å². The van der Waals surface area contributed by atoms with Gasteiger partial charge in [-0.2, -0.15) is 0 Å². The van der Waals surface area contributed by atoms with E-state index in [1.54, 1.807) is 13.3 Å². The van der Waals surface area contributed by atoms with E-state index < -0.39 is 5.97 Å². The van der Waals surface area contributed by atoms with Gasteiger partial charge in [0, 0.05) is 85.4 Å². The minimum Gasteiger partial charge on any atom is -0.496 e. The SMILES string of the molecule is C=CC(=O)Nc1cc(Cc2cc(-c3cn(C)c4ccccc34)c(C(=O)OC(C)C)cn2)c(OC)cc1N(C)CCN(C)C. The number of likely N-dealkylation sites (N-methyl/N-ethyl adjacent to an activating group) is 2. The second-order valence-electron chi connectivity index (χ2n) is 11.1. The van der Waals surface area contributed by atoms with Gasteiger partial charge in [0.05, 0.1) is 30.2 Å². The van der Waals surface area contributed by atoms with Crippen molar-refractivity contribution in [2.75, 3.05) is 51.6 Å². The maximum atomic E-state index is 13.2. The van der Waals surface area contributed by atoms with Crippen LogP contribution in [-0.2, 0) is 23.0 Å². The van der Waals surface area contributed by atoms with Gasteiger partial charge in [-0.05, 0) is 52.2 Å². The molecule has 0 aliphatic carbocycles. The van der Waals surface area contributed by atoms with Gasteiger partial charge >= 0.3 is 5.97 Å². The van der Waals surface area contributed by atoms with Gasteiger partial charge in [-0.25, -0.2) is 4.79 Å². The lowest BCUT2D eigenvalue weighted by atomic mass is 9.97. The summed E-state index contributed by atoms with van der Waals surface area (Å²) in [7, 11) is 9.64. The molecule has 43 heavy (non-hydrogen) atoms. The summed E-state index contributed by atoms with van der Waals surface area (Å²) >= 11 is 0. The lowest BCUT2D eigenvalue weighted by Crippen LogP contribution is -2.29. The zero-order valence-electron chi connectivity index (χ0n) is 26.1. The molecule has 0 unspecified atom stereocenters. The number of carbonyl (C=O) groups is 2. The molecule has 1 amide bonds. The Morgan fingerprint density at radius 1 is 1.09 bits per heavy atom. The highest BCUT2D eigenvalue weighted by Crippen LogP contribution is 2.37. The van der Waals surface area contributed by atoms with Gasteiger partial charge in [0.2, 0.25) is 5.91 Å². The molecule has 0 saturated heterocycles. The van der Waals surface area contributed by atoms with Crippen molar-refractivity contribution in [2.24, 2.45) is 7.05 Å². The third-order valence-electron chi connectivity index (χ3n) is 7.22. The minimum absolute atomic E-state index is 0.268. The maximum Gasteiger partial charge on any atom is 0.340 e. The summed E-state index contributed by atoms with van der Waals surface area (Å²) < 4.78 is 13.5. The van der Waals surface area contributed by atoms with Crippen LogP contribution in [0.5, 0.6) is 5.75 Å². The topological polar surface area (TPSA) is 88.9 Å². The molecule has 9 nitrogen and oxygen atoms in total. The number of rotatable bonds is 12. The Bertz CT molecular complexity index is 1640. The van der Waals surface area contributed by atoms with E-state index in [0.29, 0.717) is 23.4 Å². The van der Waals surface area contributed by atoms with Crippen LogP contribution in [0.1, 0.15) is 35.5 Å². The molecule has 1 N–H and O–H groups in total. The molecule has 0 bridgehead atoms. The van der Waals surface area contributed by atoms with E-state index in [1.165, 1.54) is 6.08 Å². The van der Waals surface area contributed by atoms with Crippen LogP contribution in [0.3, 0.4) is 0 Å². The molecule has 0 fully saturated rings. The first kappa shape index (κ1) is 31.3. The number of carbonyl (C=O) groups excluding carboxylic acids is 2. The van der Waals surface area contributed by atoms with E-state index in [4.69, 9.17) is 9.47 Å². The van der Waals surface area contributed by atoms with Crippen LogP contribution in [0.15, 0.2) is 67.5 Å². The highest BCUT2D eigenvalue weighted by molar-refractivity contribution is 6.04. The summed E-state index contributed by atoms with van der Waals surface area (Å²) in [6.45, 7) is 8.85. The molecule has 4 aromatic rings. The number of fused-ring (bicyclic) bond motifs is 1. The molecule has 226 valence electrons. The quantitative estimate of drug-likeness (QED) is 0.173. The minimum atomic E-state index is -0.422. The fraction of sp³-hybridized carbons (Fsp3) is 0.324. The first-order valence-electron chi connectivity index (χ1n) is 14.3. The van der Waals surface area contributed by atoms with Crippen molar-refractivity contribution in [3.05, 3.63) is 84.3 Å². The fourth-order valence-electron chi connectivity index (χ4n) is 5.02. The molecule has 2 aromatic heterocycles. The maximum absolute atomic E-state index is 13.2. The average Bonchev–Trinajstić information content (AvgIpc) is 3.31. The largest absolute Gasteiger partial charge is 0.496 e. The second kappa shape index (κ2) is 13.6. The van der Waals surface area contributed by atoms with E-state index in [2.05, 4.69) is 26.7 Å². The van der Waals surface area contributed by atoms with Crippen LogP contribution in [-0.4, -0.2) is 73.8 Å². The van der Waals surface area contributed by atoms with Crippen LogP contribution >= 0.6 is 0 Å². The van der Waals surface area contributed by atoms with Gasteiger partial charge in [-0.3, -0.25) is 9.78 Å². The molecule has 0 radical (unpaired) electrons. The number of hydrogen-bond acceptors (Lipinski definition) is 7. The number of ether oxygens (including phenoxy) is 2. The Morgan fingerprint density at radius 2 is 1.84 bits per heavy atom.